The van der Waals surface area contributed by atoms with E-state index in [1.54, 1.807) is 19.2 Å². The van der Waals surface area contributed by atoms with E-state index in [1.807, 2.05) is 0 Å². The molecule has 0 amide bonds. The van der Waals surface area contributed by atoms with Crippen LogP contribution < -0.4 is 10.1 Å². The number of ether oxygens (including phenoxy) is 1. The van der Waals surface area contributed by atoms with Gasteiger partial charge in [-0.25, -0.2) is 4.79 Å². The Morgan fingerprint density at radius 1 is 1.19 bits per heavy atom. The van der Waals surface area contributed by atoms with Gasteiger partial charge < -0.3 is 15.2 Å². The second-order valence-electron chi connectivity index (χ2n) is 5.00. The van der Waals surface area contributed by atoms with Crippen LogP contribution in [0, 0.1) is 13.8 Å². The van der Waals surface area contributed by atoms with Crippen LogP contribution in [0.5, 0.6) is 5.75 Å². The van der Waals surface area contributed by atoms with E-state index < -0.39 is 5.97 Å². The van der Waals surface area contributed by atoms with Crippen molar-refractivity contribution in [2.45, 2.75) is 20.4 Å². The summed E-state index contributed by atoms with van der Waals surface area (Å²) in [7, 11) is 1.57. The maximum Gasteiger partial charge on any atom is 0.335 e. The molecule has 0 fully saturated rings. The number of hydrogen-bond donors (Lipinski definition) is 2. The summed E-state index contributed by atoms with van der Waals surface area (Å²) in [6, 6.07) is 11.0. The van der Waals surface area contributed by atoms with Crippen LogP contribution in [0.25, 0.3) is 0 Å². The Hall–Kier alpha value is -2.49. The Labute approximate surface area is 124 Å². The summed E-state index contributed by atoms with van der Waals surface area (Å²) in [5.41, 5.74) is 4.51. The molecule has 2 aromatic carbocycles. The van der Waals surface area contributed by atoms with E-state index in [0.29, 0.717) is 18.0 Å². The maximum atomic E-state index is 11.1. The van der Waals surface area contributed by atoms with Gasteiger partial charge in [-0.1, -0.05) is 23.8 Å². The van der Waals surface area contributed by atoms with Gasteiger partial charge in [0, 0.05) is 6.54 Å². The predicted molar refractivity (Wildman–Crippen MR) is 83.2 cm³/mol. The zero-order chi connectivity index (χ0) is 15.4. The van der Waals surface area contributed by atoms with Crippen molar-refractivity contribution in [3.05, 3.63) is 58.7 Å². The highest BCUT2D eigenvalue weighted by atomic mass is 16.5. The van der Waals surface area contributed by atoms with Gasteiger partial charge in [0.1, 0.15) is 5.75 Å². The summed E-state index contributed by atoms with van der Waals surface area (Å²) in [5, 5.41) is 12.3. The highest BCUT2D eigenvalue weighted by Gasteiger charge is 2.09. The van der Waals surface area contributed by atoms with Gasteiger partial charge in [-0.2, -0.15) is 0 Å². The molecule has 0 aliphatic heterocycles. The van der Waals surface area contributed by atoms with Crippen LogP contribution in [0.3, 0.4) is 0 Å². The van der Waals surface area contributed by atoms with Gasteiger partial charge >= 0.3 is 5.97 Å². The normalized spacial score (nSPS) is 10.2. The first-order valence-corrected chi connectivity index (χ1v) is 6.72. The number of aromatic carboxylic acids is 1. The first kappa shape index (κ1) is 14.9. The molecule has 0 saturated carbocycles. The number of anilines is 1. The average Bonchev–Trinajstić information content (AvgIpc) is 2.46. The van der Waals surface area contributed by atoms with E-state index in [-0.39, 0.29) is 5.56 Å². The molecule has 4 heteroatoms. The van der Waals surface area contributed by atoms with E-state index in [9.17, 15) is 4.79 Å². The lowest BCUT2D eigenvalue weighted by Gasteiger charge is -2.13. The van der Waals surface area contributed by atoms with Crippen molar-refractivity contribution in [3.63, 3.8) is 0 Å². The van der Waals surface area contributed by atoms with Crippen LogP contribution in [0.4, 0.5) is 5.69 Å². The Morgan fingerprint density at radius 3 is 2.57 bits per heavy atom. The molecular weight excluding hydrogens is 266 g/mol. The number of carboxylic acid groups (broad SMARTS) is 1. The zero-order valence-electron chi connectivity index (χ0n) is 12.4. The van der Waals surface area contributed by atoms with Gasteiger partial charge in [-0.15, -0.1) is 0 Å². The van der Waals surface area contributed by atoms with Crippen molar-refractivity contribution in [2.75, 3.05) is 12.4 Å². The molecule has 110 valence electrons. The minimum Gasteiger partial charge on any atom is -0.495 e. The molecule has 4 nitrogen and oxygen atoms in total. The first-order valence-electron chi connectivity index (χ1n) is 6.72. The zero-order valence-corrected chi connectivity index (χ0v) is 12.4. The van der Waals surface area contributed by atoms with Gasteiger partial charge in [-0.3, -0.25) is 0 Å². The highest BCUT2D eigenvalue weighted by molar-refractivity contribution is 5.89. The van der Waals surface area contributed by atoms with Gasteiger partial charge in [0.05, 0.1) is 18.4 Å². The molecule has 0 radical (unpaired) electrons. The largest absolute Gasteiger partial charge is 0.495 e. The molecule has 21 heavy (non-hydrogen) atoms. The summed E-state index contributed by atoms with van der Waals surface area (Å²) >= 11 is 0. The van der Waals surface area contributed by atoms with Crippen LogP contribution in [0.15, 0.2) is 36.4 Å². The van der Waals surface area contributed by atoms with Crippen LogP contribution >= 0.6 is 0 Å². The summed E-state index contributed by atoms with van der Waals surface area (Å²) < 4.78 is 5.26. The first-order chi connectivity index (χ1) is 10.0. The molecule has 0 saturated heterocycles. The molecule has 0 aliphatic rings. The number of nitrogens with one attached hydrogen (secondary N) is 1. The predicted octanol–water partition coefficient (Wildman–Crippen LogP) is 3.62. The summed E-state index contributed by atoms with van der Waals surface area (Å²) in [6.07, 6.45) is 0. The third-order valence-electron chi connectivity index (χ3n) is 3.41. The molecule has 0 atom stereocenters. The van der Waals surface area contributed by atoms with E-state index in [4.69, 9.17) is 9.84 Å². The van der Waals surface area contributed by atoms with Crippen LogP contribution in [0.2, 0.25) is 0 Å². The molecule has 2 rings (SSSR count). The molecule has 0 aliphatic carbocycles. The fourth-order valence-corrected chi connectivity index (χ4v) is 2.21. The monoisotopic (exact) mass is 285 g/mol. The van der Waals surface area contributed by atoms with Crippen molar-refractivity contribution < 1.29 is 14.6 Å². The minimum atomic E-state index is -0.952. The van der Waals surface area contributed by atoms with Gasteiger partial charge in [0.25, 0.3) is 0 Å². The fraction of sp³-hybridized carbons (Fsp3) is 0.235. The van der Waals surface area contributed by atoms with E-state index >= 15 is 0 Å². The molecule has 0 spiro atoms. The smallest absolute Gasteiger partial charge is 0.335 e. The van der Waals surface area contributed by atoms with E-state index in [0.717, 1.165) is 0 Å². The lowest BCUT2D eigenvalue weighted by Crippen LogP contribution is -2.05. The van der Waals surface area contributed by atoms with Crippen LogP contribution in [0.1, 0.15) is 27.0 Å². The lowest BCUT2D eigenvalue weighted by atomic mass is 10.1. The Bertz CT molecular complexity index is 665. The average molecular weight is 285 g/mol. The Balaban J connectivity index is 2.22. The van der Waals surface area contributed by atoms with Crippen molar-refractivity contribution in [1.82, 2.24) is 0 Å². The quantitative estimate of drug-likeness (QED) is 0.881. The van der Waals surface area contributed by atoms with Crippen molar-refractivity contribution >= 4 is 11.7 Å². The van der Waals surface area contributed by atoms with E-state index in [2.05, 4.69) is 37.4 Å². The fourth-order valence-electron chi connectivity index (χ4n) is 2.21. The highest BCUT2D eigenvalue weighted by Crippen LogP contribution is 2.26. The number of rotatable bonds is 5. The number of methoxy groups -OCH3 is 1. The number of carboxylic acids is 1. The van der Waals surface area contributed by atoms with Crippen LogP contribution in [-0.4, -0.2) is 18.2 Å². The molecular formula is C17H19NO3. The number of aryl methyl sites for hydroxylation is 2. The van der Waals surface area contributed by atoms with Crippen LogP contribution in [-0.2, 0) is 6.54 Å². The molecule has 0 aromatic heterocycles. The maximum absolute atomic E-state index is 11.1. The van der Waals surface area contributed by atoms with Crippen molar-refractivity contribution in [2.24, 2.45) is 0 Å². The topological polar surface area (TPSA) is 58.6 Å². The minimum absolute atomic E-state index is 0.235. The summed E-state index contributed by atoms with van der Waals surface area (Å²) in [5.74, 6) is -0.322. The molecule has 0 unspecified atom stereocenters. The second kappa shape index (κ2) is 6.31. The van der Waals surface area contributed by atoms with Gasteiger partial charge in [0.15, 0.2) is 0 Å². The molecule has 2 N–H and O–H groups in total. The molecule has 0 bridgehead atoms. The summed E-state index contributed by atoms with van der Waals surface area (Å²) in [6.45, 7) is 4.74. The number of carbonyl (C=O) groups is 1. The SMILES string of the molecule is COc1ccc(C(=O)O)cc1NCc1ccc(C)cc1C. The summed E-state index contributed by atoms with van der Waals surface area (Å²) in [4.78, 5) is 11.1. The van der Waals surface area contributed by atoms with Gasteiger partial charge in [0.2, 0.25) is 0 Å². The molecule has 0 heterocycles. The standard InChI is InChI=1S/C17H19NO3/c1-11-4-5-14(12(2)8-11)10-18-15-9-13(17(19)20)6-7-16(15)21-3/h4-9,18H,10H2,1-3H3,(H,19,20). The lowest BCUT2D eigenvalue weighted by molar-refractivity contribution is 0.0697. The number of hydrogen-bond acceptors (Lipinski definition) is 3. The number of benzene rings is 2. The van der Waals surface area contributed by atoms with Gasteiger partial charge in [-0.05, 0) is 43.2 Å². The van der Waals surface area contributed by atoms with Crippen molar-refractivity contribution in [1.29, 1.82) is 0 Å². The second-order valence-corrected chi connectivity index (χ2v) is 5.00. The Morgan fingerprint density at radius 2 is 1.95 bits per heavy atom. The third-order valence-corrected chi connectivity index (χ3v) is 3.41. The Kier molecular flexibility index (Phi) is 4.48. The van der Waals surface area contributed by atoms with Crippen molar-refractivity contribution in [3.8, 4) is 5.75 Å². The third kappa shape index (κ3) is 3.54. The van der Waals surface area contributed by atoms with E-state index in [1.165, 1.54) is 22.8 Å². The molecule has 2 aromatic rings.